The maximum Gasteiger partial charge on any atom is 0.313 e. The molecule has 5 atom stereocenters. The Morgan fingerprint density at radius 2 is 1.73 bits per heavy atom. The van der Waals surface area contributed by atoms with Crippen LogP contribution in [0.5, 0.6) is 0 Å². The molecule has 0 radical (unpaired) electrons. The second kappa shape index (κ2) is 6.68. The minimum atomic E-state index is -0.470. The van der Waals surface area contributed by atoms with Gasteiger partial charge in [-0.2, -0.15) is 0 Å². The second-order valence-electron chi connectivity index (χ2n) is 10.3. The van der Waals surface area contributed by atoms with Crippen LogP contribution in [0.2, 0.25) is 0 Å². The van der Waals surface area contributed by atoms with Gasteiger partial charge in [0.05, 0.1) is 12.0 Å². The Morgan fingerprint density at radius 1 is 1.03 bits per heavy atom. The molecular weight excluding hydrogens is 370 g/mol. The van der Waals surface area contributed by atoms with Crippen LogP contribution >= 0.6 is 0 Å². The molecule has 2 aromatic rings. The van der Waals surface area contributed by atoms with Crippen LogP contribution in [0.3, 0.4) is 0 Å². The van der Waals surface area contributed by atoms with E-state index < -0.39 is 5.41 Å². The van der Waals surface area contributed by atoms with Crippen LogP contribution in [-0.2, 0) is 27.9 Å². The van der Waals surface area contributed by atoms with E-state index in [9.17, 15) is 4.79 Å². The third kappa shape index (κ3) is 2.51. The zero-order valence-electron chi connectivity index (χ0n) is 18.7. The van der Waals surface area contributed by atoms with E-state index in [1.165, 1.54) is 16.7 Å². The average molecular weight is 404 g/mol. The van der Waals surface area contributed by atoms with Gasteiger partial charge >= 0.3 is 5.97 Å². The summed E-state index contributed by atoms with van der Waals surface area (Å²) in [6, 6.07) is 20.3. The van der Waals surface area contributed by atoms with Crippen molar-refractivity contribution in [1.82, 2.24) is 4.90 Å². The molecule has 3 heteroatoms. The second-order valence-corrected chi connectivity index (χ2v) is 10.3. The number of hydrogen-bond donors (Lipinski definition) is 0. The van der Waals surface area contributed by atoms with Crippen LogP contribution in [0, 0.1) is 10.8 Å². The number of carbonyl (C=O) groups is 1. The molecule has 6 rings (SSSR count). The number of carbonyl (C=O) groups excluding carboxylic acids is 1. The van der Waals surface area contributed by atoms with Crippen LogP contribution in [0.15, 0.2) is 54.6 Å². The number of piperidine rings is 2. The number of ether oxygens (including phenoxy) is 1. The summed E-state index contributed by atoms with van der Waals surface area (Å²) >= 11 is 0. The smallest absolute Gasteiger partial charge is 0.313 e. The van der Waals surface area contributed by atoms with Crippen molar-refractivity contribution >= 4 is 5.97 Å². The molecular formula is C27H33NO2. The normalized spacial score (nSPS) is 36.9. The van der Waals surface area contributed by atoms with Gasteiger partial charge in [-0.25, -0.2) is 0 Å². The third-order valence-electron chi connectivity index (χ3n) is 8.84. The molecule has 2 saturated heterocycles. The number of benzene rings is 2. The van der Waals surface area contributed by atoms with E-state index in [-0.39, 0.29) is 22.8 Å². The van der Waals surface area contributed by atoms with E-state index in [0.717, 1.165) is 25.8 Å². The predicted molar refractivity (Wildman–Crippen MR) is 119 cm³/mol. The first kappa shape index (κ1) is 19.8. The van der Waals surface area contributed by atoms with Gasteiger partial charge in [-0.15, -0.1) is 0 Å². The summed E-state index contributed by atoms with van der Waals surface area (Å²) in [6.45, 7) is 10.3. The molecule has 30 heavy (non-hydrogen) atoms. The van der Waals surface area contributed by atoms with Crippen molar-refractivity contribution in [3.63, 3.8) is 0 Å². The lowest BCUT2D eigenvalue weighted by atomic mass is 9.39. The molecule has 0 N–H and O–H groups in total. The van der Waals surface area contributed by atoms with Crippen LogP contribution in [0.1, 0.15) is 57.2 Å². The average Bonchev–Trinajstić information content (AvgIpc) is 2.73. The van der Waals surface area contributed by atoms with E-state index in [2.05, 4.69) is 80.3 Å². The van der Waals surface area contributed by atoms with Gasteiger partial charge < -0.3 is 4.74 Å². The molecule has 2 aliphatic heterocycles. The van der Waals surface area contributed by atoms with Crippen molar-refractivity contribution in [3.05, 3.63) is 71.3 Å². The Hall–Kier alpha value is -2.13. The van der Waals surface area contributed by atoms with E-state index in [1.807, 2.05) is 6.92 Å². The quantitative estimate of drug-likeness (QED) is 0.664. The third-order valence-corrected chi connectivity index (χ3v) is 8.84. The monoisotopic (exact) mass is 403 g/mol. The van der Waals surface area contributed by atoms with Crippen molar-refractivity contribution in [2.75, 3.05) is 6.61 Å². The molecule has 3 nitrogen and oxygen atoms in total. The molecule has 4 aliphatic rings. The lowest BCUT2D eigenvalue weighted by molar-refractivity contribution is -0.212. The highest BCUT2D eigenvalue weighted by molar-refractivity contribution is 5.78. The van der Waals surface area contributed by atoms with Crippen molar-refractivity contribution in [2.24, 2.45) is 10.8 Å². The highest BCUT2D eigenvalue weighted by Gasteiger charge is 2.70. The summed E-state index contributed by atoms with van der Waals surface area (Å²) in [5.41, 5.74) is 3.93. The zero-order chi connectivity index (χ0) is 21.1. The summed E-state index contributed by atoms with van der Waals surface area (Å²) in [6.07, 6.45) is 2.95. The van der Waals surface area contributed by atoms with Gasteiger partial charge in [0.15, 0.2) is 0 Å². The fraction of sp³-hybridized carbons (Fsp3) is 0.519. The fourth-order valence-corrected chi connectivity index (χ4v) is 7.20. The highest BCUT2D eigenvalue weighted by atomic mass is 16.5. The lowest BCUT2D eigenvalue weighted by Crippen LogP contribution is -2.77. The van der Waals surface area contributed by atoms with E-state index in [0.29, 0.717) is 12.6 Å². The Labute approximate surface area is 180 Å². The van der Waals surface area contributed by atoms with Crippen molar-refractivity contribution in [1.29, 1.82) is 0 Å². The molecule has 1 saturated carbocycles. The van der Waals surface area contributed by atoms with Gasteiger partial charge in [-0.05, 0) is 55.2 Å². The summed E-state index contributed by atoms with van der Waals surface area (Å²) in [5, 5.41) is 0. The molecule has 2 aromatic carbocycles. The Balaban J connectivity index is 1.65. The van der Waals surface area contributed by atoms with E-state index >= 15 is 0 Å². The van der Waals surface area contributed by atoms with Crippen LogP contribution < -0.4 is 0 Å². The van der Waals surface area contributed by atoms with Gasteiger partial charge in [0.25, 0.3) is 0 Å². The SMILES string of the molecule is CCOC(=O)C1(C)CC2(C)C3Cc4ccccc4C2(C)CC1N3Cc1ccccc1. The number of hydrogen-bond acceptors (Lipinski definition) is 3. The standard InChI is InChI=1S/C27H33NO2/c1-5-30-24(29)25(2)18-27(4)22-15-20-13-9-10-14-21(20)26(27,3)16-23(25)28(22)17-19-11-7-6-8-12-19/h6-14,22-23H,5,15-18H2,1-4H3. The minimum Gasteiger partial charge on any atom is -0.466 e. The number of nitrogens with zero attached hydrogens (tertiary/aromatic N) is 1. The minimum absolute atomic E-state index is 0.0198. The lowest BCUT2D eigenvalue weighted by Gasteiger charge is -2.72. The van der Waals surface area contributed by atoms with E-state index in [1.54, 1.807) is 0 Å². The van der Waals surface area contributed by atoms with Crippen LogP contribution in [0.4, 0.5) is 0 Å². The first-order valence-corrected chi connectivity index (χ1v) is 11.4. The van der Waals surface area contributed by atoms with Crippen molar-refractivity contribution in [3.8, 4) is 0 Å². The van der Waals surface area contributed by atoms with Gasteiger partial charge in [0, 0.05) is 24.0 Å². The zero-order valence-corrected chi connectivity index (χ0v) is 18.7. The number of esters is 1. The molecule has 2 heterocycles. The molecule has 158 valence electrons. The van der Waals surface area contributed by atoms with Gasteiger partial charge in [0.2, 0.25) is 0 Å². The Kier molecular flexibility index (Phi) is 4.41. The van der Waals surface area contributed by atoms with Crippen LogP contribution in [0.25, 0.3) is 0 Å². The van der Waals surface area contributed by atoms with Crippen LogP contribution in [-0.4, -0.2) is 29.6 Å². The fourth-order valence-electron chi connectivity index (χ4n) is 7.20. The number of fused-ring (bicyclic) bond motifs is 2. The molecule has 2 aliphatic carbocycles. The predicted octanol–water partition coefficient (Wildman–Crippen LogP) is 5.12. The molecule has 5 unspecified atom stereocenters. The van der Waals surface area contributed by atoms with E-state index in [4.69, 9.17) is 4.74 Å². The Morgan fingerprint density at radius 3 is 2.47 bits per heavy atom. The van der Waals surface area contributed by atoms with Crippen molar-refractivity contribution in [2.45, 2.75) is 71.0 Å². The van der Waals surface area contributed by atoms with Crippen molar-refractivity contribution < 1.29 is 9.53 Å². The Bertz CT molecular complexity index is 972. The maximum absolute atomic E-state index is 13.3. The summed E-state index contributed by atoms with van der Waals surface area (Å²) < 4.78 is 5.64. The summed E-state index contributed by atoms with van der Waals surface area (Å²) in [4.78, 5) is 15.9. The van der Waals surface area contributed by atoms with Gasteiger partial charge in [-0.1, -0.05) is 68.4 Å². The van der Waals surface area contributed by atoms with Gasteiger partial charge in [0.1, 0.15) is 0 Å². The first-order chi connectivity index (χ1) is 14.3. The topological polar surface area (TPSA) is 29.5 Å². The summed E-state index contributed by atoms with van der Waals surface area (Å²) in [5.74, 6) is -0.0198. The largest absolute Gasteiger partial charge is 0.466 e. The molecule has 0 aromatic heterocycles. The molecule has 4 bridgehead atoms. The molecule has 0 amide bonds. The van der Waals surface area contributed by atoms with Gasteiger partial charge in [-0.3, -0.25) is 9.69 Å². The first-order valence-electron chi connectivity index (χ1n) is 11.4. The molecule has 0 spiro atoms. The number of rotatable bonds is 4. The summed E-state index contributed by atoms with van der Waals surface area (Å²) in [7, 11) is 0. The molecule has 3 fully saturated rings. The maximum atomic E-state index is 13.3. The highest BCUT2D eigenvalue weighted by Crippen LogP contribution is 2.68.